The Balaban J connectivity index is 1.71. The number of aryl methyl sites for hydroxylation is 1. The van der Waals surface area contributed by atoms with Crippen LogP contribution in [0.1, 0.15) is 107 Å². The Labute approximate surface area is 267 Å². The standard InChI is InChI=1S/C37H50N2O6/c1-24-11-10-14-30-31(24)33-32(25-12-8-7-9-13-25)28-16-15-26(34(41)42)21-29(28)39(33)22-27(23-44-30)38(35(43)45-36(2,3)4)19-17-37(5,6)18-20-40/h10-11,14-16,21,25,27,40H,7-9,12-13,17-20,22-23H2,1-6H3,(H,41,42)/t27-/m1/s1. The Morgan fingerprint density at radius 3 is 2.44 bits per heavy atom. The van der Waals surface area contributed by atoms with Crippen LogP contribution in [0.15, 0.2) is 36.4 Å². The van der Waals surface area contributed by atoms with Crippen molar-refractivity contribution in [2.24, 2.45) is 5.41 Å². The van der Waals surface area contributed by atoms with Crippen LogP contribution in [0.3, 0.4) is 0 Å². The van der Waals surface area contributed by atoms with Gasteiger partial charge in [0.25, 0.3) is 0 Å². The predicted octanol–water partition coefficient (Wildman–Crippen LogP) is 8.16. The molecule has 45 heavy (non-hydrogen) atoms. The summed E-state index contributed by atoms with van der Waals surface area (Å²) in [6.45, 7) is 13.1. The van der Waals surface area contributed by atoms with Crippen molar-refractivity contribution < 1.29 is 29.3 Å². The number of hydrogen-bond acceptors (Lipinski definition) is 5. The monoisotopic (exact) mass is 618 g/mol. The van der Waals surface area contributed by atoms with E-state index in [0.717, 1.165) is 46.3 Å². The Kier molecular flexibility index (Phi) is 9.54. The van der Waals surface area contributed by atoms with Crippen molar-refractivity contribution in [3.63, 3.8) is 0 Å². The Morgan fingerprint density at radius 1 is 1.04 bits per heavy atom. The second-order valence-electron chi connectivity index (χ2n) is 14.7. The van der Waals surface area contributed by atoms with Gasteiger partial charge >= 0.3 is 12.1 Å². The second kappa shape index (κ2) is 13.1. The summed E-state index contributed by atoms with van der Waals surface area (Å²) in [5.41, 5.74) is 4.72. The van der Waals surface area contributed by atoms with E-state index >= 15 is 0 Å². The highest BCUT2D eigenvalue weighted by molar-refractivity contribution is 5.99. The van der Waals surface area contributed by atoms with Gasteiger partial charge in [-0.15, -0.1) is 0 Å². The number of carbonyl (C=O) groups is 2. The fourth-order valence-corrected chi connectivity index (χ4v) is 7.07. The summed E-state index contributed by atoms with van der Waals surface area (Å²) in [5.74, 6) is 0.152. The second-order valence-corrected chi connectivity index (χ2v) is 14.7. The maximum Gasteiger partial charge on any atom is 0.410 e. The van der Waals surface area contributed by atoms with Crippen LogP contribution in [0.5, 0.6) is 5.75 Å². The van der Waals surface area contributed by atoms with Crippen LogP contribution in [0.25, 0.3) is 22.2 Å². The van der Waals surface area contributed by atoms with Gasteiger partial charge in [-0.25, -0.2) is 9.59 Å². The average Bonchev–Trinajstić information content (AvgIpc) is 3.26. The van der Waals surface area contributed by atoms with Crippen molar-refractivity contribution in [2.45, 2.75) is 111 Å². The van der Waals surface area contributed by atoms with Gasteiger partial charge in [0, 0.05) is 36.2 Å². The zero-order valence-electron chi connectivity index (χ0n) is 27.8. The van der Waals surface area contributed by atoms with Crippen molar-refractivity contribution >= 4 is 23.0 Å². The van der Waals surface area contributed by atoms with Crippen molar-refractivity contribution in [3.05, 3.63) is 53.1 Å². The Bertz CT molecular complexity index is 1540. The van der Waals surface area contributed by atoms with E-state index in [0.29, 0.717) is 31.8 Å². The molecule has 2 heterocycles. The maximum atomic E-state index is 13.9. The molecule has 0 radical (unpaired) electrons. The molecule has 0 saturated heterocycles. The minimum absolute atomic E-state index is 0.0800. The molecule has 0 unspecified atom stereocenters. The number of aliphatic hydroxyl groups excluding tert-OH is 1. The summed E-state index contributed by atoms with van der Waals surface area (Å²) >= 11 is 0. The number of carboxylic acids is 1. The number of ether oxygens (including phenoxy) is 2. The number of rotatable bonds is 8. The first kappa shape index (κ1) is 32.9. The van der Waals surface area contributed by atoms with Gasteiger partial charge in [-0.2, -0.15) is 0 Å². The molecule has 8 heteroatoms. The summed E-state index contributed by atoms with van der Waals surface area (Å²) in [6.07, 6.45) is 6.63. The number of amides is 1. The number of hydrogen-bond donors (Lipinski definition) is 2. The van der Waals surface area contributed by atoms with Gasteiger partial charge in [-0.05, 0) is 94.0 Å². The molecule has 0 spiro atoms. The lowest BCUT2D eigenvalue weighted by molar-refractivity contribution is 0.00533. The van der Waals surface area contributed by atoms with Crippen molar-refractivity contribution in [3.8, 4) is 17.0 Å². The van der Waals surface area contributed by atoms with Crippen LogP contribution in [-0.4, -0.2) is 63.1 Å². The molecule has 3 aromatic rings. The highest BCUT2D eigenvalue weighted by Gasteiger charge is 2.36. The first-order valence-electron chi connectivity index (χ1n) is 16.5. The van der Waals surface area contributed by atoms with Crippen LogP contribution < -0.4 is 4.74 Å². The minimum Gasteiger partial charge on any atom is -0.491 e. The van der Waals surface area contributed by atoms with Gasteiger partial charge in [0.1, 0.15) is 18.0 Å². The summed E-state index contributed by atoms with van der Waals surface area (Å²) in [6, 6.07) is 11.2. The summed E-state index contributed by atoms with van der Waals surface area (Å²) in [5, 5.41) is 20.7. The predicted molar refractivity (Wildman–Crippen MR) is 177 cm³/mol. The number of carbonyl (C=O) groups excluding carboxylic acids is 1. The molecule has 8 nitrogen and oxygen atoms in total. The first-order chi connectivity index (χ1) is 21.3. The molecular formula is C37H50N2O6. The van der Waals surface area contributed by atoms with Crippen LogP contribution >= 0.6 is 0 Å². The minimum atomic E-state index is -0.963. The third-order valence-corrected chi connectivity index (χ3v) is 9.55. The van der Waals surface area contributed by atoms with E-state index in [1.165, 1.54) is 24.8 Å². The van der Waals surface area contributed by atoms with E-state index in [1.807, 2.05) is 39.0 Å². The zero-order valence-corrected chi connectivity index (χ0v) is 27.8. The lowest BCUT2D eigenvalue weighted by Gasteiger charge is -2.37. The van der Waals surface area contributed by atoms with E-state index in [4.69, 9.17) is 9.47 Å². The molecule has 2 aliphatic rings. The van der Waals surface area contributed by atoms with Crippen LogP contribution in [0.4, 0.5) is 4.79 Å². The van der Waals surface area contributed by atoms with Gasteiger partial charge in [-0.1, -0.05) is 51.3 Å². The fourth-order valence-electron chi connectivity index (χ4n) is 7.07. The smallest absolute Gasteiger partial charge is 0.410 e. The molecule has 1 fully saturated rings. The molecule has 1 amide bonds. The van der Waals surface area contributed by atoms with Gasteiger partial charge in [0.15, 0.2) is 0 Å². The molecule has 244 valence electrons. The van der Waals surface area contributed by atoms with Crippen LogP contribution in [0, 0.1) is 12.3 Å². The number of aliphatic hydroxyl groups is 1. The summed E-state index contributed by atoms with van der Waals surface area (Å²) in [4.78, 5) is 27.9. The largest absolute Gasteiger partial charge is 0.491 e. The number of benzene rings is 2. The van der Waals surface area contributed by atoms with Gasteiger partial charge < -0.3 is 24.3 Å². The topological polar surface area (TPSA) is 101 Å². The zero-order chi connectivity index (χ0) is 32.5. The van der Waals surface area contributed by atoms with E-state index in [9.17, 15) is 19.8 Å². The van der Waals surface area contributed by atoms with Crippen molar-refractivity contribution in [1.82, 2.24) is 9.47 Å². The molecule has 2 N–H and O–H groups in total. The number of aromatic carboxylic acids is 1. The van der Waals surface area contributed by atoms with Crippen molar-refractivity contribution in [2.75, 3.05) is 19.8 Å². The number of carboxylic acid groups (broad SMARTS) is 1. The van der Waals surface area contributed by atoms with E-state index < -0.39 is 17.7 Å². The summed E-state index contributed by atoms with van der Waals surface area (Å²) < 4.78 is 14.8. The molecule has 1 aromatic heterocycles. The van der Waals surface area contributed by atoms with Gasteiger partial charge in [0.2, 0.25) is 0 Å². The Morgan fingerprint density at radius 2 is 1.78 bits per heavy atom. The lowest BCUT2D eigenvalue weighted by Crippen LogP contribution is -2.49. The Hall–Kier alpha value is -3.52. The van der Waals surface area contributed by atoms with Crippen molar-refractivity contribution in [1.29, 1.82) is 0 Å². The molecule has 1 saturated carbocycles. The molecule has 1 aliphatic carbocycles. The quantitative estimate of drug-likeness (QED) is 0.264. The number of aromatic nitrogens is 1. The lowest BCUT2D eigenvalue weighted by atomic mass is 9.81. The number of fused-ring (bicyclic) bond motifs is 5. The van der Waals surface area contributed by atoms with E-state index in [1.54, 1.807) is 17.0 Å². The maximum absolute atomic E-state index is 13.9. The fraction of sp³-hybridized carbons (Fsp3) is 0.568. The molecule has 5 rings (SSSR count). The highest BCUT2D eigenvalue weighted by atomic mass is 16.6. The average molecular weight is 619 g/mol. The van der Waals surface area contributed by atoms with Gasteiger partial charge in [0.05, 0.1) is 17.3 Å². The summed E-state index contributed by atoms with van der Waals surface area (Å²) in [7, 11) is 0. The van der Waals surface area contributed by atoms with E-state index in [2.05, 4.69) is 31.4 Å². The van der Waals surface area contributed by atoms with Gasteiger partial charge in [-0.3, -0.25) is 4.90 Å². The molecular weight excluding hydrogens is 568 g/mol. The third kappa shape index (κ3) is 7.16. The first-order valence-corrected chi connectivity index (χ1v) is 16.5. The number of nitrogens with zero attached hydrogens (tertiary/aromatic N) is 2. The third-order valence-electron chi connectivity index (χ3n) is 9.55. The molecule has 2 aromatic carbocycles. The van der Waals surface area contributed by atoms with Crippen LogP contribution in [-0.2, 0) is 11.3 Å². The molecule has 1 atom stereocenters. The molecule has 1 aliphatic heterocycles. The normalized spacial score (nSPS) is 17.5. The van der Waals surface area contributed by atoms with Crippen LogP contribution in [0.2, 0.25) is 0 Å². The SMILES string of the molecule is Cc1cccc2c1-c1c(C3CCCCC3)c3ccc(C(=O)O)cc3n1C[C@@H](N(CCC(C)(C)CCO)C(=O)OC(C)(C)C)CO2. The highest BCUT2D eigenvalue weighted by Crippen LogP contribution is 2.48. The molecule has 0 bridgehead atoms. The van der Waals surface area contributed by atoms with E-state index in [-0.39, 0.29) is 30.2 Å².